The van der Waals surface area contributed by atoms with Crippen molar-refractivity contribution in [3.8, 4) is 0 Å². The van der Waals surface area contributed by atoms with E-state index >= 15 is 0 Å². The van der Waals surface area contributed by atoms with Gasteiger partial charge in [0.2, 0.25) is 0 Å². The minimum atomic E-state index is 1.03. The van der Waals surface area contributed by atoms with Crippen LogP contribution in [0.5, 0.6) is 0 Å². The van der Waals surface area contributed by atoms with Gasteiger partial charge in [0.15, 0.2) is 0 Å². The average molecular weight is 222 g/mol. The Labute approximate surface area is 101 Å². The predicted octanol–water partition coefficient (Wildman–Crippen LogP) is 3.91. The fourth-order valence-corrected chi connectivity index (χ4v) is 2.29. The molecule has 0 fully saturated rings. The number of nitrogens with zero attached hydrogens (tertiary/aromatic N) is 2. The molecule has 84 valence electrons. The fraction of sp³-hybridized carbons (Fsp3) is 0.133. The Balaban J connectivity index is 2.32. The zero-order chi connectivity index (χ0) is 11.8. The van der Waals surface area contributed by atoms with Crippen LogP contribution in [0.3, 0.4) is 0 Å². The number of benzene rings is 2. The molecule has 2 aromatic carbocycles. The Kier molecular flexibility index (Phi) is 2.22. The molecule has 1 heterocycles. The molecule has 2 aromatic rings. The molecule has 0 radical (unpaired) electrons. The van der Waals surface area contributed by atoms with Gasteiger partial charge in [-0.05, 0) is 25.1 Å². The number of hydrogen-bond donors (Lipinski definition) is 0. The van der Waals surface area contributed by atoms with Crippen LogP contribution in [0, 0.1) is 0 Å². The lowest BCUT2D eigenvalue weighted by Crippen LogP contribution is -2.11. The normalized spacial score (nSPS) is 13.5. The third kappa shape index (κ3) is 1.53. The maximum Gasteiger partial charge on any atom is 0.0869 e. The number of fused-ring (bicyclic) bond motifs is 2. The number of anilines is 2. The van der Waals surface area contributed by atoms with Crippen molar-refractivity contribution in [2.24, 2.45) is 4.99 Å². The van der Waals surface area contributed by atoms with Crippen molar-refractivity contribution in [1.82, 2.24) is 0 Å². The quantitative estimate of drug-likeness (QED) is 0.660. The molecule has 0 saturated carbocycles. The van der Waals surface area contributed by atoms with Gasteiger partial charge in [-0.1, -0.05) is 30.3 Å². The molecule has 2 nitrogen and oxygen atoms in total. The molecule has 2 heteroatoms. The Morgan fingerprint density at radius 2 is 1.53 bits per heavy atom. The molecule has 0 N–H and O–H groups in total. The number of rotatable bonds is 0. The summed E-state index contributed by atoms with van der Waals surface area (Å²) in [6, 6.07) is 16.6. The van der Waals surface area contributed by atoms with Gasteiger partial charge in [-0.2, -0.15) is 0 Å². The van der Waals surface area contributed by atoms with Crippen LogP contribution in [-0.4, -0.2) is 12.8 Å². The van der Waals surface area contributed by atoms with E-state index in [-0.39, 0.29) is 0 Å². The summed E-state index contributed by atoms with van der Waals surface area (Å²) in [5.41, 5.74) is 5.66. The van der Waals surface area contributed by atoms with E-state index in [1.807, 2.05) is 12.1 Å². The lowest BCUT2D eigenvalue weighted by atomic mass is 10.1. The van der Waals surface area contributed by atoms with Crippen LogP contribution in [-0.2, 0) is 0 Å². The molecule has 3 rings (SSSR count). The molecule has 1 aliphatic rings. The van der Waals surface area contributed by atoms with E-state index in [0.717, 1.165) is 17.1 Å². The van der Waals surface area contributed by atoms with Crippen molar-refractivity contribution >= 4 is 22.8 Å². The third-order valence-electron chi connectivity index (χ3n) is 3.19. The summed E-state index contributed by atoms with van der Waals surface area (Å²) in [4.78, 5) is 6.91. The molecule has 0 unspecified atom stereocenters. The van der Waals surface area contributed by atoms with Crippen molar-refractivity contribution in [2.45, 2.75) is 6.92 Å². The van der Waals surface area contributed by atoms with Gasteiger partial charge in [0.05, 0.1) is 17.1 Å². The van der Waals surface area contributed by atoms with Crippen molar-refractivity contribution in [3.63, 3.8) is 0 Å². The van der Waals surface area contributed by atoms with E-state index in [1.165, 1.54) is 11.3 Å². The molecular weight excluding hydrogens is 208 g/mol. The molecule has 1 aliphatic heterocycles. The zero-order valence-electron chi connectivity index (χ0n) is 10.0. The largest absolute Gasteiger partial charge is 0.342 e. The van der Waals surface area contributed by atoms with E-state index in [0.29, 0.717) is 0 Å². The lowest BCUT2D eigenvalue weighted by molar-refractivity contribution is 1.21. The number of hydrogen-bond acceptors (Lipinski definition) is 2. The van der Waals surface area contributed by atoms with Crippen molar-refractivity contribution in [3.05, 3.63) is 54.1 Å². The monoisotopic (exact) mass is 222 g/mol. The fourth-order valence-electron chi connectivity index (χ4n) is 2.29. The molecule has 0 aromatic heterocycles. The van der Waals surface area contributed by atoms with E-state index < -0.39 is 0 Å². The first kappa shape index (κ1) is 10.1. The van der Waals surface area contributed by atoms with Crippen molar-refractivity contribution in [1.29, 1.82) is 0 Å². The maximum absolute atomic E-state index is 4.71. The summed E-state index contributed by atoms with van der Waals surface area (Å²) in [5.74, 6) is 0. The SMILES string of the molecule is CC1=Nc2ccccc2N(C)c2ccccc21. The smallest absolute Gasteiger partial charge is 0.0869 e. The van der Waals surface area contributed by atoms with Crippen LogP contribution in [0.1, 0.15) is 12.5 Å². The molecular formula is C15H14N2. The third-order valence-corrected chi connectivity index (χ3v) is 3.19. The van der Waals surface area contributed by atoms with Crippen molar-refractivity contribution < 1.29 is 0 Å². The van der Waals surface area contributed by atoms with Crippen LogP contribution in [0.25, 0.3) is 0 Å². The molecule has 17 heavy (non-hydrogen) atoms. The summed E-state index contributed by atoms with van der Waals surface area (Å²) in [6.45, 7) is 2.06. The Morgan fingerprint density at radius 3 is 2.35 bits per heavy atom. The minimum absolute atomic E-state index is 1.03. The number of para-hydroxylation sites is 3. The highest BCUT2D eigenvalue weighted by molar-refractivity contribution is 6.07. The standard InChI is InChI=1S/C15H14N2/c1-11-12-7-3-5-9-14(12)17(2)15-10-6-4-8-13(15)16-11/h3-10H,1-2H3. The van der Waals surface area contributed by atoms with Crippen LogP contribution in [0.15, 0.2) is 53.5 Å². The highest BCUT2D eigenvalue weighted by Gasteiger charge is 2.17. The summed E-state index contributed by atoms with van der Waals surface area (Å²) in [7, 11) is 2.09. The van der Waals surface area contributed by atoms with E-state index in [9.17, 15) is 0 Å². The molecule has 0 saturated heterocycles. The molecule has 0 bridgehead atoms. The first-order valence-electron chi connectivity index (χ1n) is 5.75. The van der Waals surface area contributed by atoms with Gasteiger partial charge < -0.3 is 4.90 Å². The van der Waals surface area contributed by atoms with Gasteiger partial charge in [-0.3, -0.25) is 4.99 Å². The van der Waals surface area contributed by atoms with Crippen LogP contribution < -0.4 is 4.90 Å². The Hall–Kier alpha value is -2.09. The molecule has 0 amide bonds. The summed E-state index contributed by atoms with van der Waals surface area (Å²) in [6.07, 6.45) is 0. The first-order chi connectivity index (χ1) is 8.27. The average Bonchev–Trinajstić information content (AvgIpc) is 2.48. The summed E-state index contributed by atoms with van der Waals surface area (Å²) < 4.78 is 0. The zero-order valence-corrected chi connectivity index (χ0v) is 10.0. The van der Waals surface area contributed by atoms with E-state index in [1.54, 1.807) is 0 Å². The lowest BCUT2D eigenvalue weighted by Gasteiger charge is -2.21. The highest BCUT2D eigenvalue weighted by Crippen LogP contribution is 2.37. The van der Waals surface area contributed by atoms with E-state index in [2.05, 4.69) is 55.3 Å². The van der Waals surface area contributed by atoms with Gasteiger partial charge in [-0.15, -0.1) is 0 Å². The second-order valence-corrected chi connectivity index (χ2v) is 4.26. The maximum atomic E-state index is 4.71. The highest BCUT2D eigenvalue weighted by atomic mass is 15.1. The second kappa shape index (κ2) is 3.74. The van der Waals surface area contributed by atoms with Crippen LogP contribution in [0.4, 0.5) is 17.1 Å². The summed E-state index contributed by atoms with van der Waals surface area (Å²) >= 11 is 0. The van der Waals surface area contributed by atoms with Crippen LogP contribution in [0.2, 0.25) is 0 Å². The Morgan fingerprint density at radius 1 is 0.882 bits per heavy atom. The predicted molar refractivity (Wildman–Crippen MR) is 72.8 cm³/mol. The molecule has 0 aliphatic carbocycles. The number of aliphatic imine (C=N–C) groups is 1. The summed E-state index contributed by atoms with van der Waals surface area (Å²) in [5, 5.41) is 0. The van der Waals surface area contributed by atoms with Gasteiger partial charge in [0.1, 0.15) is 0 Å². The minimum Gasteiger partial charge on any atom is -0.342 e. The topological polar surface area (TPSA) is 15.6 Å². The van der Waals surface area contributed by atoms with Gasteiger partial charge >= 0.3 is 0 Å². The Bertz CT molecular complexity index is 599. The van der Waals surface area contributed by atoms with E-state index in [4.69, 9.17) is 4.99 Å². The van der Waals surface area contributed by atoms with Gasteiger partial charge in [-0.25, -0.2) is 0 Å². The second-order valence-electron chi connectivity index (χ2n) is 4.26. The first-order valence-corrected chi connectivity index (χ1v) is 5.75. The van der Waals surface area contributed by atoms with Gasteiger partial charge in [0.25, 0.3) is 0 Å². The van der Waals surface area contributed by atoms with Crippen LogP contribution >= 0.6 is 0 Å². The molecule has 0 spiro atoms. The van der Waals surface area contributed by atoms with Gasteiger partial charge in [0, 0.05) is 18.3 Å². The molecule has 0 atom stereocenters. The van der Waals surface area contributed by atoms with Crippen molar-refractivity contribution in [2.75, 3.05) is 11.9 Å².